The van der Waals surface area contributed by atoms with Gasteiger partial charge in [-0.15, -0.1) is 0 Å². The number of anilines is 1. The molecule has 1 unspecified atom stereocenters. The van der Waals surface area contributed by atoms with E-state index in [2.05, 4.69) is 23.5 Å². The highest BCUT2D eigenvalue weighted by atomic mass is 32.2. The molecule has 2 aromatic rings. The van der Waals surface area contributed by atoms with Crippen molar-refractivity contribution in [2.24, 2.45) is 0 Å². The molecule has 1 atom stereocenters. The fraction of sp³-hybridized carbons (Fsp3) is 0.357. The van der Waals surface area contributed by atoms with Gasteiger partial charge < -0.3 is 5.32 Å². The SMILES string of the molecule is CSCC(C)Nc1cc(C)nc2ccc([N+](=O)[O-])cc12. The first-order chi connectivity index (χ1) is 9.51. The Bertz CT molecular complexity index is 646. The highest BCUT2D eigenvalue weighted by Gasteiger charge is 2.12. The molecule has 1 aromatic heterocycles. The van der Waals surface area contributed by atoms with Crippen LogP contribution in [0.2, 0.25) is 0 Å². The van der Waals surface area contributed by atoms with Crippen molar-refractivity contribution in [2.45, 2.75) is 19.9 Å². The zero-order valence-corrected chi connectivity index (χ0v) is 12.5. The quantitative estimate of drug-likeness (QED) is 0.673. The minimum Gasteiger partial charge on any atom is -0.381 e. The van der Waals surface area contributed by atoms with E-state index >= 15 is 0 Å². The number of nitro groups is 1. The molecule has 0 fully saturated rings. The van der Waals surface area contributed by atoms with Gasteiger partial charge >= 0.3 is 0 Å². The van der Waals surface area contributed by atoms with Crippen LogP contribution in [-0.2, 0) is 0 Å². The van der Waals surface area contributed by atoms with E-state index < -0.39 is 0 Å². The van der Waals surface area contributed by atoms with Crippen LogP contribution < -0.4 is 5.32 Å². The van der Waals surface area contributed by atoms with Crippen LogP contribution in [0.5, 0.6) is 0 Å². The summed E-state index contributed by atoms with van der Waals surface area (Å²) in [5.74, 6) is 0.970. The second kappa shape index (κ2) is 6.09. The van der Waals surface area contributed by atoms with Gasteiger partial charge in [-0.05, 0) is 32.2 Å². The first-order valence-electron chi connectivity index (χ1n) is 6.32. The molecule has 0 saturated heterocycles. The number of benzene rings is 1. The summed E-state index contributed by atoms with van der Waals surface area (Å²) >= 11 is 1.76. The number of pyridine rings is 1. The molecule has 106 valence electrons. The normalized spacial score (nSPS) is 12.3. The number of aryl methyl sites for hydroxylation is 1. The number of thioether (sulfide) groups is 1. The van der Waals surface area contributed by atoms with Crippen molar-refractivity contribution < 1.29 is 4.92 Å². The maximum absolute atomic E-state index is 10.9. The Morgan fingerprint density at radius 1 is 1.45 bits per heavy atom. The van der Waals surface area contributed by atoms with Gasteiger partial charge in [0.05, 0.1) is 10.4 Å². The Hall–Kier alpha value is -1.82. The highest BCUT2D eigenvalue weighted by molar-refractivity contribution is 7.98. The van der Waals surface area contributed by atoms with Gasteiger partial charge in [-0.3, -0.25) is 15.1 Å². The molecular formula is C14H17N3O2S. The van der Waals surface area contributed by atoms with Crippen LogP contribution in [0.15, 0.2) is 24.3 Å². The molecule has 1 aromatic carbocycles. The Morgan fingerprint density at radius 2 is 2.20 bits per heavy atom. The average Bonchev–Trinajstić information content (AvgIpc) is 2.38. The maximum atomic E-state index is 10.9. The molecule has 5 nitrogen and oxygen atoms in total. The fourth-order valence-corrected chi connectivity index (χ4v) is 2.72. The van der Waals surface area contributed by atoms with Gasteiger partial charge in [-0.25, -0.2) is 0 Å². The van der Waals surface area contributed by atoms with E-state index in [1.807, 2.05) is 13.0 Å². The predicted molar refractivity (Wildman–Crippen MR) is 84.6 cm³/mol. The summed E-state index contributed by atoms with van der Waals surface area (Å²) in [6, 6.07) is 6.99. The monoisotopic (exact) mass is 291 g/mol. The molecule has 0 bridgehead atoms. The summed E-state index contributed by atoms with van der Waals surface area (Å²) in [4.78, 5) is 15.0. The van der Waals surface area contributed by atoms with Crippen LogP contribution in [0.3, 0.4) is 0 Å². The van der Waals surface area contributed by atoms with Gasteiger partial charge in [-0.2, -0.15) is 11.8 Å². The van der Waals surface area contributed by atoms with Crippen molar-refractivity contribution in [3.63, 3.8) is 0 Å². The van der Waals surface area contributed by atoms with E-state index in [9.17, 15) is 10.1 Å². The molecule has 2 rings (SSSR count). The molecule has 20 heavy (non-hydrogen) atoms. The second-order valence-corrected chi connectivity index (χ2v) is 5.68. The smallest absolute Gasteiger partial charge is 0.270 e. The van der Waals surface area contributed by atoms with Gasteiger partial charge in [0.25, 0.3) is 5.69 Å². The van der Waals surface area contributed by atoms with Crippen molar-refractivity contribution in [3.05, 3.63) is 40.1 Å². The van der Waals surface area contributed by atoms with Crippen LogP contribution in [0.1, 0.15) is 12.6 Å². The lowest BCUT2D eigenvalue weighted by Crippen LogP contribution is -2.18. The van der Waals surface area contributed by atoms with Crippen LogP contribution >= 0.6 is 11.8 Å². The number of nitro benzene ring substituents is 1. The topological polar surface area (TPSA) is 68.1 Å². The Labute approximate surface area is 121 Å². The number of non-ortho nitro benzene ring substituents is 1. The minimum absolute atomic E-state index is 0.0868. The molecule has 1 heterocycles. The van der Waals surface area contributed by atoms with E-state index in [4.69, 9.17) is 0 Å². The minimum atomic E-state index is -0.381. The van der Waals surface area contributed by atoms with Gasteiger partial charge in [-0.1, -0.05) is 0 Å². The summed E-state index contributed by atoms with van der Waals surface area (Å²) < 4.78 is 0. The molecule has 1 N–H and O–H groups in total. The summed E-state index contributed by atoms with van der Waals surface area (Å²) in [5.41, 5.74) is 2.65. The fourth-order valence-electron chi connectivity index (χ4n) is 2.14. The number of hydrogen-bond donors (Lipinski definition) is 1. The molecule has 0 aliphatic heterocycles. The zero-order valence-electron chi connectivity index (χ0n) is 11.7. The Balaban J connectivity index is 2.50. The van der Waals surface area contributed by atoms with Crippen molar-refractivity contribution in [1.82, 2.24) is 4.98 Å². The average molecular weight is 291 g/mol. The number of hydrogen-bond acceptors (Lipinski definition) is 5. The first kappa shape index (κ1) is 14.6. The predicted octanol–water partition coefficient (Wildman–Crippen LogP) is 3.61. The van der Waals surface area contributed by atoms with Gasteiger partial charge in [0, 0.05) is 40.7 Å². The first-order valence-corrected chi connectivity index (χ1v) is 7.72. The lowest BCUT2D eigenvalue weighted by molar-refractivity contribution is -0.384. The molecular weight excluding hydrogens is 274 g/mol. The van der Waals surface area contributed by atoms with Crippen LogP contribution in [0.4, 0.5) is 11.4 Å². The van der Waals surface area contributed by atoms with Crippen molar-refractivity contribution in [1.29, 1.82) is 0 Å². The molecule has 0 aliphatic carbocycles. The van der Waals surface area contributed by atoms with E-state index in [1.54, 1.807) is 23.9 Å². The third-order valence-electron chi connectivity index (χ3n) is 2.95. The molecule has 0 spiro atoms. The second-order valence-electron chi connectivity index (χ2n) is 4.77. The lowest BCUT2D eigenvalue weighted by atomic mass is 10.1. The number of aromatic nitrogens is 1. The standard InChI is InChI=1S/C14H17N3O2S/c1-9-6-14(16-10(2)8-20-3)12-7-11(17(18)19)4-5-13(12)15-9/h4-7,10H,8H2,1-3H3,(H,15,16). The molecule has 6 heteroatoms. The van der Waals surface area contributed by atoms with Gasteiger partial charge in [0.2, 0.25) is 0 Å². The summed E-state index contributed by atoms with van der Waals surface area (Å²) in [5, 5.41) is 15.1. The Kier molecular flexibility index (Phi) is 4.44. The molecule has 0 radical (unpaired) electrons. The van der Waals surface area contributed by atoms with Crippen LogP contribution in [0, 0.1) is 17.0 Å². The van der Waals surface area contributed by atoms with E-state index in [-0.39, 0.29) is 16.7 Å². The van der Waals surface area contributed by atoms with Crippen LogP contribution in [-0.4, -0.2) is 28.0 Å². The molecule has 0 amide bonds. The Morgan fingerprint density at radius 3 is 2.85 bits per heavy atom. The summed E-state index contributed by atoms with van der Waals surface area (Å²) in [7, 11) is 0. The summed E-state index contributed by atoms with van der Waals surface area (Å²) in [6.45, 7) is 4.01. The largest absolute Gasteiger partial charge is 0.381 e. The zero-order chi connectivity index (χ0) is 14.7. The number of nitrogens with one attached hydrogen (secondary N) is 1. The van der Waals surface area contributed by atoms with Crippen molar-refractivity contribution >= 4 is 34.0 Å². The van der Waals surface area contributed by atoms with E-state index in [0.717, 1.165) is 28.0 Å². The third kappa shape index (κ3) is 3.19. The van der Waals surface area contributed by atoms with E-state index in [0.29, 0.717) is 0 Å². The highest BCUT2D eigenvalue weighted by Crippen LogP contribution is 2.27. The van der Waals surface area contributed by atoms with Crippen molar-refractivity contribution in [3.8, 4) is 0 Å². The van der Waals surface area contributed by atoms with Crippen molar-refractivity contribution in [2.75, 3.05) is 17.3 Å². The maximum Gasteiger partial charge on any atom is 0.270 e. The van der Waals surface area contributed by atoms with Gasteiger partial charge in [0.15, 0.2) is 0 Å². The lowest BCUT2D eigenvalue weighted by Gasteiger charge is -2.16. The number of nitrogens with zero attached hydrogens (tertiary/aromatic N) is 2. The number of rotatable bonds is 5. The van der Waals surface area contributed by atoms with Crippen LogP contribution in [0.25, 0.3) is 10.9 Å². The number of fused-ring (bicyclic) bond motifs is 1. The van der Waals surface area contributed by atoms with Gasteiger partial charge in [0.1, 0.15) is 0 Å². The molecule has 0 aliphatic rings. The third-order valence-corrected chi connectivity index (χ3v) is 3.78. The van der Waals surface area contributed by atoms with E-state index in [1.165, 1.54) is 6.07 Å². The molecule has 0 saturated carbocycles. The summed E-state index contributed by atoms with van der Waals surface area (Å²) in [6.07, 6.45) is 2.05.